The summed E-state index contributed by atoms with van der Waals surface area (Å²) in [5.41, 5.74) is 9.28. The molecule has 0 aliphatic heterocycles. The van der Waals surface area contributed by atoms with Crippen molar-refractivity contribution in [2.45, 2.75) is 44.6 Å². The Kier molecular flexibility index (Phi) is 4.61. The minimum Gasteiger partial charge on any atom is -0.497 e. The van der Waals surface area contributed by atoms with Crippen LogP contribution in [0.1, 0.15) is 46.2 Å². The average Bonchev–Trinajstić information content (AvgIpc) is 2.97. The van der Waals surface area contributed by atoms with E-state index in [-0.39, 0.29) is 6.04 Å². The maximum Gasteiger partial charge on any atom is 0.118 e. The second-order valence-corrected chi connectivity index (χ2v) is 6.97. The van der Waals surface area contributed by atoms with Gasteiger partial charge in [-0.3, -0.25) is 0 Å². The Morgan fingerprint density at radius 1 is 1.19 bits per heavy atom. The molecule has 2 nitrogen and oxygen atoms in total. The number of rotatable bonds is 5. The van der Waals surface area contributed by atoms with E-state index in [0.717, 1.165) is 18.6 Å². The Hall–Kier alpha value is -1.32. The molecule has 0 radical (unpaired) electrons. The summed E-state index contributed by atoms with van der Waals surface area (Å²) in [5.74, 6) is 0.911. The van der Waals surface area contributed by atoms with Crippen LogP contribution in [0.25, 0.3) is 0 Å². The van der Waals surface area contributed by atoms with E-state index in [9.17, 15) is 0 Å². The van der Waals surface area contributed by atoms with E-state index in [1.54, 1.807) is 17.6 Å². The molecule has 0 spiro atoms. The van der Waals surface area contributed by atoms with Gasteiger partial charge in [0.15, 0.2) is 0 Å². The molecule has 1 aromatic carbocycles. The lowest BCUT2D eigenvalue weighted by Crippen LogP contribution is -2.09. The zero-order valence-corrected chi connectivity index (χ0v) is 13.4. The van der Waals surface area contributed by atoms with Crippen molar-refractivity contribution in [2.24, 2.45) is 5.73 Å². The highest BCUT2D eigenvalue weighted by molar-refractivity contribution is 7.12. The predicted molar refractivity (Wildman–Crippen MR) is 89.2 cm³/mol. The van der Waals surface area contributed by atoms with Gasteiger partial charge in [0.1, 0.15) is 5.75 Å². The zero-order valence-electron chi connectivity index (χ0n) is 12.6. The molecule has 0 saturated carbocycles. The third-order valence-electron chi connectivity index (χ3n) is 4.28. The van der Waals surface area contributed by atoms with Crippen molar-refractivity contribution in [3.05, 3.63) is 51.2 Å². The molecule has 1 aliphatic carbocycles. The molecule has 1 heterocycles. The van der Waals surface area contributed by atoms with Crippen molar-refractivity contribution in [2.75, 3.05) is 7.11 Å². The van der Waals surface area contributed by atoms with Gasteiger partial charge in [-0.05, 0) is 67.9 Å². The van der Waals surface area contributed by atoms with Crippen molar-refractivity contribution in [3.63, 3.8) is 0 Å². The average molecular weight is 301 g/mol. The van der Waals surface area contributed by atoms with Crippen LogP contribution in [-0.2, 0) is 19.3 Å². The number of ether oxygens (including phenoxy) is 1. The van der Waals surface area contributed by atoms with Gasteiger partial charge in [-0.1, -0.05) is 12.1 Å². The van der Waals surface area contributed by atoms with Crippen LogP contribution in [0.2, 0.25) is 0 Å². The number of hydrogen-bond donors (Lipinski definition) is 1. The Bertz CT molecular complexity index is 564. The fourth-order valence-corrected chi connectivity index (χ4v) is 4.25. The van der Waals surface area contributed by atoms with Crippen molar-refractivity contribution in [3.8, 4) is 5.75 Å². The molecule has 3 heteroatoms. The van der Waals surface area contributed by atoms with Gasteiger partial charge in [-0.25, -0.2) is 0 Å². The minimum atomic E-state index is 0.169. The van der Waals surface area contributed by atoms with Gasteiger partial charge in [-0.2, -0.15) is 0 Å². The van der Waals surface area contributed by atoms with E-state index in [1.165, 1.54) is 36.1 Å². The highest BCUT2D eigenvalue weighted by Crippen LogP contribution is 2.33. The van der Waals surface area contributed by atoms with E-state index in [2.05, 4.69) is 18.2 Å². The third kappa shape index (κ3) is 3.47. The molecular formula is C18H23NOS. The maximum absolute atomic E-state index is 6.40. The summed E-state index contributed by atoms with van der Waals surface area (Å²) in [6, 6.07) is 10.8. The van der Waals surface area contributed by atoms with Gasteiger partial charge in [0.2, 0.25) is 0 Å². The normalized spacial score (nSPS) is 15.5. The first-order valence-corrected chi connectivity index (χ1v) is 8.58. The first kappa shape index (κ1) is 14.6. The molecule has 0 fully saturated rings. The summed E-state index contributed by atoms with van der Waals surface area (Å²) >= 11 is 1.94. The summed E-state index contributed by atoms with van der Waals surface area (Å²) in [7, 11) is 1.70. The van der Waals surface area contributed by atoms with Gasteiger partial charge in [0.05, 0.1) is 7.11 Å². The lowest BCUT2D eigenvalue weighted by molar-refractivity contribution is 0.414. The fraction of sp³-hybridized carbons (Fsp3) is 0.444. The molecule has 3 rings (SSSR count). The standard InChI is InChI=1S/C18H23NOS/c1-20-15-9-6-13(7-10-15)8-11-16(19)18-12-14-4-2-3-5-17(14)21-18/h6-7,9-10,12,16H,2-5,8,11,19H2,1H3. The highest BCUT2D eigenvalue weighted by Gasteiger charge is 2.16. The van der Waals surface area contributed by atoms with Crippen molar-refractivity contribution < 1.29 is 4.74 Å². The highest BCUT2D eigenvalue weighted by atomic mass is 32.1. The third-order valence-corrected chi connectivity index (χ3v) is 5.65. The Morgan fingerprint density at radius 2 is 1.95 bits per heavy atom. The number of benzene rings is 1. The minimum absolute atomic E-state index is 0.169. The molecule has 2 N–H and O–H groups in total. The Labute approximate surface area is 130 Å². The molecule has 21 heavy (non-hydrogen) atoms. The fourth-order valence-electron chi connectivity index (χ4n) is 2.95. The monoisotopic (exact) mass is 301 g/mol. The van der Waals surface area contributed by atoms with Crippen LogP contribution in [-0.4, -0.2) is 7.11 Å². The van der Waals surface area contributed by atoms with E-state index >= 15 is 0 Å². The van der Waals surface area contributed by atoms with Gasteiger partial charge in [-0.15, -0.1) is 11.3 Å². The summed E-state index contributed by atoms with van der Waals surface area (Å²) in [5, 5.41) is 0. The Morgan fingerprint density at radius 3 is 2.67 bits per heavy atom. The second-order valence-electron chi connectivity index (χ2n) is 5.80. The van der Waals surface area contributed by atoms with Gasteiger partial charge in [0.25, 0.3) is 0 Å². The van der Waals surface area contributed by atoms with Gasteiger partial charge >= 0.3 is 0 Å². The van der Waals surface area contributed by atoms with Crippen LogP contribution in [0, 0.1) is 0 Å². The molecule has 2 aromatic rings. The lowest BCUT2D eigenvalue weighted by atomic mass is 9.98. The molecule has 1 atom stereocenters. The molecule has 112 valence electrons. The van der Waals surface area contributed by atoms with Gasteiger partial charge in [0, 0.05) is 15.8 Å². The topological polar surface area (TPSA) is 35.2 Å². The molecule has 1 unspecified atom stereocenters. The number of aryl methyl sites for hydroxylation is 3. The Balaban J connectivity index is 1.60. The number of thiophene rings is 1. The maximum atomic E-state index is 6.40. The molecular weight excluding hydrogens is 278 g/mol. The first-order valence-electron chi connectivity index (χ1n) is 7.76. The molecule has 1 aliphatic rings. The van der Waals surface area contributed by atoms with E-state index in [0.29, 0.717) is 0 Å². The summed E-state index contributed by atoms with van der Waals surface area (Å²) < 4.78 is 5.19. The van der Waals surface area contributed by atoms with Gasteiger partial charge < -0.3 is 10.5 Å². The van der Waals surface area contributed by atoms with Crippen molar-refractivity contribution in [1.82, 2.24) is 0 Å². The molecule has 0 amide bonds. The molecule has 0 bridgehead atoms. The van der Waals surface area contributed by atoms with Crippen LogP contribution >= 0.6 is 11.3 Å². The van der Waals surface area contributed by atoms with Crippen LogP contribution in [0.15, 0.2) is 30.3 Å². The SMILES string of the molecule is COc1ccc(CCC(N)c2cc3c(s2)CCCC3)cc1. The molecule has 1 aromatic heterocycles. The zero-order chi connectivity index (χ0) is 14.7. The van der Waals surface area contributed by atoms with Crippen LogP contribution in [0.4, 0.5) is 0 Å². The number of methoxy groups -OCH3 is 1. The largest absolute Gasteiger partial charge is 0.497 e. The van der Waals surface area contributed by atoms with Crippen LogP contribution in [0.3, 0.4) is 0 Å². The van der Waals surface area contributed by atoms with Crippen LogP contribution in [0.5, 0.6) is 5.75 Å². The predicted octanol–water partition coefficient (Wildman–Crippen LogP) is 4.27. The number of fused-ring (bicyclic) bond motifs is 1. The summed E-state index contributed by atoms with van der Waals surface area (Å²) in [4.78, 5) is 2.95. The van der Waals surface area contributed by atoms with E-state index < -0.39 is 0 Å². The lowest BCUT2D eigenvalue weighted by Gasteiger charge is -2.09. The number of nitrogens with two attached hydrogens (primary N) is 1. The van der Waals surface area contributed by atoms with Crippen LogP contribution < -0.4 is 10.5 Å². The van der Waals surface area contributed by atoms with Crippen molar-refractivity contribution >= 4 is 11.3 Å². The second kappa shape index (κ2) is 6.63. The van der Waals surface area contributed by atoms with E-state index in [1.807, 2.05) is 23.5 Å². The van der Waals surface area contributed by atoms with Crippen molar-refractivity contribution in [1.29, 1.82) is 0 Å². The number of hydrogen-bond acceptors (Lipinski definition) is 3. The smallest absolute Gasteiger partial charge is 0.118 e. The summed E-state index contributed by atoms with van der Waals surface area (Å²) in [6.45, 7) is 0. The van der Waals surface area contributed by atoms with E-state index in [4.69, 9.17) is 10.5 Å². The summed E-state index contributed by atoms with van der Waals surface area (Å²) in [6.07, 6.45) is 7.21. The molecule has 0 saturated heterocycles. The first-order chi connectivity index (χ1) is 10.3. The quantitative estimate of drug-likeness (QED) is 0.895.